The molecule has 0 aliphatic carbocycles. The third-order valence-electron chi connectivity index (χ3n) is 4.16. The van der Waals surface area contributed by atoms with Gasteiger partial charge in [-0.2, -0.15) is 11.8 Å². The summed E-state index contributed by atoms with van der Waals surface area (Å²) in [6.07, 6.45) is 3.82. The first-order valence-corrected chi connectivity index (χ1v) is 9.93. The van der Waals surface area contributed by atoms with Gasteiger partial charge in [-0.1, -0.05) is 38.1 Å². The molecule has 23 heavy (non-hydrogen) atoms. The third kappa shape index (κ3) is 7.40. The average Bonchev–Trinajstić information content (AvgIpc) is 3.03. The molecule has 0 radical (unpaired) electrons. The quantitative estimate of drug-likeness (QED) is 0.699. The lowest BCUT2D eigenvalue weighted by atomic mass is 10.1. The number of nitrogens with one attached hydrogen (secondary N) is 1. The van der Waals surface area contributed by atoms with Crippen LogP contribution < -0.4 is 5.32 Å². The highest BCUT2D eigenvalue weighted by atomic mass is 32.2. The number of carbonyl (C=O) groups excluding carboxylic acids is 1. The van der Waals surface area contributed by atoms with Crippen LogP contribution in [0.4, 0.5) is 0 Å². The lowest BCUT2D eigenvalue weighted by Gasteiger charge is -2.15. The zero-order valence-corrected chi connectivity index (χ0v) is 15.3. The van der Waals surface area contributed by atoms with Crippen molar-refractivity contribution in [1.29, 1.82) is 0 Å². The molecule has 0 saturated carbocycles. The van der Waals surface area contributed by atoms with Gasteiger partial charge in [0.25, 0.3) is 0 Å². The molecule has 0 spiro atoms. The normalized spacial score (nSPS) is 15.3. The van der Waals surface area contributed by atoms with E-state index in [9.17, 15) is 4.79 Å². The Morgan fingerprint density at radius 1 is 1.26 bits per heavy atom. The number of likely N-dealkylation sites (tertiary alicyclic amines) is 1. The fraction of sp³-hybridized carbons (Fsp3) is 0.632. The van der Waals surface area contributed by atoms with E-state index in [0.717, 1.165) is 12.3 Å². The summed E-state index contributed by atoms with van der Waals surface area (Å²) in [5, 5.41) is 3.03. The van der Waals surface area contributed by atoms with Gasteiger partial charge in [0.2, 0.25) is 5.91 Å². The Balaban J connectivity index is 1.69. The van der Waals surface area contributed by atoms with Gasteiger partial charge < -0.3 is 5.32 Å². The van der Waals surface area contributed by atoms with Crippen LogP contribution in [0.25, 0.3) is 0 Å². The standard InChI is InChI=1S/C19H30N2OS/c1-16(2)8-11-23-15-19(22)20-13-17-6-5-7-18(12-17)14-21-9-3-4-10-21/h5-7,12,16H,3-4,8-11,13-15H2,1-2H3,(H,20,22). The van der Waals surface area contributed by atoms with Crippen molar-refractivity contribution in [3.8, 4) is 0 Å². The van der Waals surface area contributed by atoms with E-state index < -0.39 is 0 Å². The minimum atomic E-state index is 0.142. The lowest BCUT2D eigenvalue weighted by molar-refractivity contribution is -0.118. The van der Waals surface area contributed by atoms with Gasteiger partial charge in [0, 0.05) is 13.1 Å². The lowest BCUT2D eigenvalue weighted by Crippen LogP contribution is -2.25. The molecule has 1 N–H and O–H groups in total. The number of benzene rings is 1. The molecule has 1 amide bonds. The summed E-state index contributed by atoms with van der Waals surface area (Å²) in [7, 11) is 0. The Labute approximate surface area is 145 Å². The van der Waals surface area contributed by atoms with Crippen LogP contribution in [0.3, 0.4) is 0 Å². The maximum atomic E-state index is 11.9. The smallest absolute Gasteiger partial charge is 0.230 e. The van der Waals surface area contributed by atoms with E-state index in [4.69, 9.17) is 0 Å². The first-order valence-electron chi connectivity index (χ1n) is 8.78. The van der Waals surface area contributed by atoms with E-state index in [2.05, 4.69) is 48.3 Å². The van der Waals surface area contributed by atoms with Crippen molar-refractivity contribution in [2.75, 3.05) is 24.6 Å². The molecular weight excluding hydrogens is 304 g/mol. The molecule has 0 bridgehead atoms. The second kappa shape index (κ2) is 9.99. The first kappa shape index (κ1) is 18.3. The zero-order valence-electron chi connectivity index (χ0n) is 14.5. The van der Waals surface area contributed by atoms with Crippen molar-refractivity contribution in [2.24, 2.45) is 5.92 Å². The van der Waals surface area contributed by atoms with E-state index >= 15 is 0 Å². The number of hydrogen-bond donors (Lipinski definition) is 1. The summed E-state index contributed by atoms with van der Waals surface area (Å²) in [6.45, 7) is 8.54. The summed E-state index contributed by atoms with van der Waals surface area (Å²) in [5.74, 6) is 2.49. The predicted octanol–water partition coefficient (Wildman–Crippen LogP) is 3.68. The first-order chi connectivity index (χ1) is 11.1. The van der Waals surface area contributed by atoms with E-state index in [1.165, 1.54) is 43.5 Å². The molecule has 0 atom stereocenters. The van der Waals surface area contributed by atoms with Gasteiger partial charge in [-0.25, -0.2) is 0 Å². The summed E-state index contributed by atoms with van der Waals surface area (Å²) < 4.78 is 0. The summed E-state index contributed by atoms with van der Waals surface area (Å²) in [5.41, 5.74) is 2.55. The molecule has 2 rings (SSSR count). The van der Waals surface area contributed by atoms with Crippen molar-refractivity contribution < 1.29 is 4.79 Å². The molecule has 1 aromatic rings. The van der Waals surface area contributed by atoms with Crippen LogP contribution >= 0.6 is 11.8 Å². The van der Waals surface area contributed by atoms with Crippen LogP contribution in [0.5, 0.6) is 0 Å². The summed E-state index contributed by atoms with van der Waals surface area (Å²) >= 11 is 1.73. The predicted molar refractivity (Wildman–Crippen MR) is 99.6 cm³/mol. The number of nitrogens with zero attached hydrogens (tertiary/aromatic N) is 1. The van der Waals surface area contributed by atoms with Crippen LogP contribution in [0.1, 0.15) is 44.2 Å². The highest BCUT2D eigenvalue weighted by Gasteiger charge is 2.11. The Bertz CT molecular complexity index is 484. The van der Waals surface area contributed by atoms with E-state index in [1.54, 1.807) is 11.8 Å². The maximum Gasteiger partial charge on any atom is 0.230 e. The van der Waals surface area contributed by atoms with Crippen LogP contribution in [-0.2, 0) is 17.9 Å². The van der Waals surface area contributed by atoms with Gasteiger partial charge in [-0.3, -0.25) is 9.69 Å². The van der Waals surface area contributed by atoms with Gasteiger partial charge in [-0.05, 0) is 55.1 Å². The molecule has 1 aromatic carbocycles. The van der Waals surface area contributed by atoms with Gasteiger partial charge in [0.15, 0.2) is 0 Å². The number of amides is 1. The van der Waals surface area contributed by atoms with E-state index in [1.807, 2.05) is 0 Å². The molecule has 0 unspecified atom stereocenters. The van der Waals surface area contributed by atoms with Crippen molar-refractivity contribution in [1.82, 2.24) is 10.2 Å². The topological polar surface area (TPSA) is 32.3 Å². The van der Waals surface area contributed by atoms with Gasteiger partial charge in [0.05, 0.1) is 5.75 Å². The number of rotatable bonds is 9. The molecule has 1 aliphatic heterocycles. The van der Waals surface area contributed by atoms with Crippen LogP contribution in [0.2, 0.25) is 0 Å². The van der Waals surface area contributed by atoms with Gasteiger partial charge in [0.1, 0.15) is 0 Å². The fourth-order valence-corrected chi connectivity index (χ4v) is 3.84. The number of hydrogen-bond acceptors (Lipinski definition) is 3. The van der Waals surface area contributed by atoms with Crippen molar-refractivity contribution in [3.05, 3.63) is 35.4 Å². The van der Waals surface area contributed by atoms with Gasteiger partial charge in [-0.15, -0.1) is 0 Å². The Morgan fingerprint density at radius 2 is 2.00 bits per heavy atom. The molecule has 128 valence electrons. The Hall–Kier alpha value is -1.00. The molecule has 3 nitrogen and oxygen atoms in total. The third-order valence-corrected chi connectivity index (χ3v) is 5.15. The van der Waals surface area contributed by atoms with Gasteiger partial charge >= 0.3 is 0 Å². The van der Waals surface area contributed by atoms with E-state index in [0.29, 0.717) is 18.2 Å². The van der Waals surface area contributed by atoms with Crippen molar-refractivity contribution in [3.63, 3.8) is 0 Å². The Morgan fingerprint density at radius 3 is 2.74 bits per heavy atom. The highest BCUT2D eigenvalue weighted by molar-refractivity contribution is 7.99. The monoisotopic (exact) mass is 334 g/mol. The number of thioether (sulfide) groups is 1. The maximum absolute atomic E-state index is 11.9. The SMILES string of the molecule is CC(C)CCSCC(=O)NCc1cccc(CN2CCCC2)c1. The molecule has 0 aromatic heterocycles. The molecular formula is C19H30N2OS. The molecule has 1 heterocycles. The molecule has 1 fully saturated rings. The second-order valence-electron chi connectivity index (χ2n) is 6.82. The Kier molecular flexibility index (Phi) is 7.96. The average molecular weight is 335 g/mol. The molecule has 1 aliphatic rings. The summed E-state index contributed by atoms with van der Waals surface area (Å²) in [4.78, 5) is 14.4. The highest BCUT2D eigenvalue weighted by Crippen LogP contribution is 2.14. The van der Waals surface area contributed by atoms with Crippen molar-refractivity contribution in [2.45, 2.75) is 46.2 Å². The largest absolute Gasteiger partial charge is 0.351 e. The minimum Gasteiger partial charge on any atom is -0.351 e. The van der Waals surface area contributed by atoms with Crippen LogP contribution in [0, 0.1) is 5.92 Å². The fourth-order valence-electron chi connectivity index (χ4n) is 2.77. The second-order valence-corrected chi connectivity index (χ2v) is 7.92. The summed E-state index contributed by atoms with van der Waals surface area (Å²) in [6, 6.07) is 8.61. The minimum absolute atomic E-state index is 0.142. The van der Waals surface area contributed by atoms with Crippen LogP contribution in [-0.4, -0.2) is 35.4 Å². The molecule has 1 saturated heterocycles. The zero-order chi connectivity index (χ0) is 16.5. The van der Waals surface area contributed by atoms with Crippen molar-refractivity contribution >= 4 is 17.7 Å². The van der Waals surface area contributed by atoms with E-state index in [-0.39, 0.29) is 5.91 Å². The van der Waals surface area contributed by atoms with Crippen LogP contribution in [0.15, 0.2) is 24.3 Å². The number of carbonyl (C=O) groups is 1. The molecule has 4 heteroatoms.